The molecule has 2 N–H and O–H groups in total. The number of thiophene rings is 1. The van der Waals surface area contributed by atoms with Crippen molar-refractivity contribution >= 4 is 23.1 Å². The van der Waals surface area contributed by atoms with Gasteiger partial charge < -0.3 is 10.4 Å². The van der Waals surface area contributed by atoms with Crippen molar-refractivity contribution in [3.05, 3.63) is 52.2 Å². The number of aromatic carboxylic acids is 1. The van der Waals surface area contributed by atoms with Crippen LogP contribution < -0.4 is 5.32 Å². The molecule has 0 radical (unpaired) electrons. The second-order valence-corrected chi connectivity index (χ2v) is 6.62. The number of rotatable bonds is 3. The van der Waals surface area contributed by atoms with E-state index in [1.807, 2.05) is 10.7 Å². The molecule has 0 aliphatic carbocycles. The molecule has 2 aromatic heterocycles. The van der Waals surface area contributed by atoms with Gasteiger partial charge in [-0.1, -0.05) is 6.07 Å². The third kappa shape index (κ3) is 2.59. The van der Waals surface area contributed by atoms with E-state index in [-0.39, 0.29) is 5.56 Å². The average molecular weight is 339 g/mol. The molecule has 0 bridgehead atoms. The summed E-state index contributed by atoms with van der Waals surface area (Å²) in [7, 11) is 0. The lowest BCUT2D eigenvalue weighted by Gasteiger charge is -2.09. The highest BCUT2D eigenvalue weighted by Crippen LogP contribution is 2.34. The Morgan fingerprint density at radius 1 is 1.29 bits per heavy atom. The number of aromatic nitrogens is 2. The molecule has 0 saturated heterocycles. The first-order valence-corrected chi connectivity index (χ1v) is 8.90. The van der Waals surface area contributed by atoms with Crippen LogP contribution in [0.5, 0.6) is 0 Å². The van der Waals surface area contributed by atoms with Crippen LogP contribution in [0.15, 0.2) is 41.1 Å². The molecular weight excluding hydrogens is 322 g/mol. The maximum Gasteiger partial charge on any atom is 0.335 e. The minimum Gasteiger partial charge on any atom is -0.478 e. The van der Waals surface area contributed by atoms with Crippen molar-refractivity contribution < 1.29 is 9.90 Å². The maximum absolute atomic E-state index is 11.3. The summed E-state index contributed by atoms with van der Waals surface area (Å²) in [4.78, 5) is 11.3. The lowest BCUT2D eigenvalue weighted by atomic mass is 10.1. The zero-order valence-corrected chi connectivity index (χ0v) is 13.8. The van der Waals surface area contributed by atoms with Crippen molar-refractivity contribution in [2.75, 3.05) is 11.9 Å². The Balaban J connectivity index is 1.89. The van der Waals surface area contributed by atoms with Gasteiger partial charge in [0.2, 0.25) is 0 Å². The van der Waals surface area contributed by atoms with Gasteiger partial charge in [-0.15, -0.1) is 0 Å². The number of hydrogen-bond acceptors (Lipinski definition) is 4. The highest BCUT2D eigenvalue weighted by Gasteiger charge is 2.22. The number of fused-ring (bicyclic) bond motifs is 1. The molecule has 3 aromatic rings. The Kier molecular flexibility index (Phi) is 3.82. The van der Waals surface area contributed by atoms with Crippen molar-refractivity contribution in [3.63, 3.8) is 0 Å². The van der Waals surface area contributed by atoms with Gasteiger partial charge in [-0.3, -0.25) is 0 Å². The summed E-state index contributed by atoms with van der Waals surface area (Å²) in [6.45, 7) is 0.903. The second-order valence-electron chi connectivity index (χ2n) is 5.84. The highest BCUT2D eigenvalue weighted by molar-refractivity contribution is 7.08. The normalized spacial score (nSPS) is 13.8. The van der Waals surface area contributed by atoms with Crippen molar-refractivity contribution in [2.24, 2.45) is 0 Å². The maximum atomic E-state index is 11.3. The average Bonchev–Trinajstić information content (AvgIpc) is 3.17. The molecule has 0 atom stereocenters. The van der Waals surface area contributed by atoms with Crippen molar-refractivity contribution in [1.82, 2.24) is 9.78 Å². The molecule has 1 aliphatic rings. The number of hydrogen-bond donors (Lipinski definition) is 2. The van der Waals surface area contributed by atoms with E-state index in [2.05, 4.69) is 22.1 Å². The summed E-state index contributed by atoms with van der Waals surface area (Å²) in [5, 5.41) is 21.7. The molecule has 122 valence electrons. The van der Waals surface area contributed by atoms with Gasteiger partial charge in [-0.05, 0) is 48.9 Å². The molecule has 0 unspecified atom stereocenters. The molecule has 4 rings (SSSR count). The smallest absolute Gasteiger partial charge is 0.335 e. The first-order chi connectivity index (χ1) is 11.7. The van der Waals surface area contributed by atoms with Gasteiger partial charge in [-0.25, -0.2) is 9.48 Å². The quantitative estimate of drug-likeness (QED) is 0.755. The third-order valence-corrected chi connectivity index (χ3v) is 4.95. The van der Waals surface area contributed by atoms with Crippen LogP contribution in [0.25, 0.3) is 16.9 Å². The summed E-state index contributed by atoms with van der Waals surface area (Å²) in [6.07, 6.45) is 3.22. The summed E-state index contributed by atoms with van der Waals surface area (Å²) in [6, 6.07) is 8.99. The molecule has 1 aliphatic heterocycles. The van der Waals surface area contributed by atoms with Gasteiger partial charge in [0.05, 0.1) is 16.9 Å². The van der Waals surface area contributed by atoms with Gasteiger partial charge in [-0.2, -0.15) is 16.4 Å². The van der Waals surface area contributed by atoms with E-state index in [1.54, 1.807) is 29.5 Å². The topological polar surface area (TPSA) is 67.1 Å². The van der Waals surface area contributed by atoms with Crippen molar-refractivity contribution in [1.29, 1.82) is 0 Å². The second kappa shape index (κ2) is 6.13. The van der Waals surface area contributed by atoms with E-state index in [0.717, 1.165) is 48.6 Å². The predicted octanol–water partition coefficient (Wildman–Crippen LogP) is 4.05. The number of benzene rings is 1. The van der Waals surface area contributed by atoms with E-state index in [1.165, 1.54) is 5.56 Å². The highest BCUT2D eigenvalue weighted by atomic mass is 32.1. The fourth-order valence-corrected chi connectivity index (χ4v) is 3.73. The Labute approximate surface area is 143 Å². The monoisotopic (exact) mass is 339 g/mol. The lowest BCUT2D eigenvalue weighted by Crippen LogP contribution is -2.08. The number of carbonyl (C=O) groups is 1. The molecule has 6 heteroatoms. The number of nitrogens with zero attached hydrogens (tertiary/aromatic N) is 2. The lowest BCUT2D eigenvalue weighted by molar-refractivity contribution is 0.0697. The zero-order valence-electron chi connectivity index (χ0n) is 13.0. The van der Waals surface area contributed by atoms with Crippen LogP contribution in [-0.4, -0.2) is 27.4 Å². The van der Waals surface area contributed by atoms with E-state index in [0.29, 0.717) is 0 Å². The minimum atomic E-state index is -0.930. The molecule has 0 spiro atoms. The summed E-state index contributed by atoms with van der Waals surface area (Å²) in [5.41, 5.74) is 4.35. The number of anilines is 1. The molecular formula is C18H17N3O2S. The third-order valence-electron chi connectivity index (χ3n) is 4.26. The van der Waals surface area contributed by atoms with Gasteiger partial charge >= 0.3 is 5.97 Å². The van der Waals surface area contributed by atoms with Gasteiger partial charge in [0.25, 0.3) is 0 Å². The summed E-state index contributed by atoms with van der Waals surface area (Å²) < 4.78 is 1.85. The predicted molar refractivity (Wildman–Crippen MR) is 95.3 cm³/mol. The van der Waals surface area contributed by atoms with Crippen LogP contribution >= 0.6 is 11.3 Å². The van der Waals surface area contributed by atoms with Crippen LogP contribution in [0.2, 0.25) is 0 Å². The van der Waals surface area contributed by atoms with E-state index in [9.17, 15) is 9.90 Å². The minimum absolute atomic E-state index is 0.266. The molecule has 5 nitrogen and oxygen atoms in total. The molecule has 24 heavy (non-hydrogen) atoms. The number of nitrogens with one attached hydrogen (secondary N) is 1. The first-order valence-electron chi connectivity index (χ1n) is 7.96. The molecule has 1 aromatic carbocycles. The van der Waals surface area contributed by atoms with Crippen LogP contribution in [-0.2, 0) is 6.42 Å². The Hall–Kier alpha value is -2.60. The van der Waals surface area contributed by atoms with Crippen LogP contribution in [0.3, 0.4) is 0 Å². The SMILES string of the molecule is O=C(O)c1cccc(-n2nc(-c3ccsc3)c3c2NCCCC3)c1. The number of carboxylic acid groups (broad SMARTS) is 1. The Morgan fingerprint density at radius 3 is 3.00 bits per heavy atom. The largest absolute Gasteiger partial charge is 0.478 e. The number of carboxylic acids is 1. The Morgan fingerprint density at radius 2 is 2.21 bits per heavy atom. The zero-order chi connectivity index (χ0) is 16.5. The fraction of sp³-hybridized carbons (Fsp3) is 0.222. The molecule has 0 saturated carbocycles. The van der Waals surface area contributed by atoms with Gasteiger partial charge in [0.1, 0.15) is 5.82 Å². The van der Waals surface area contributed by atoms with Crippen molar-refractivity contribution in [3.8, 4) is 16.9 Å². The first kappa shape index (κ1) is 15.0. The van der Waals surface area contributed by atoms with Gasteiger partial charge in [0, 0.05) is 23.1 Å². The van der Waals surface area contributed by atoms with Crippen LogP contribution in [0.1, 0.15) is 28.8 Å². The molecule has 3 heterocycles. The Bertz CT molecular complexity index is 884. The standard InChI is InChI=1S/C18H17N3O2S/c22-18(23)12-4-3-5-14(10-12)21-17-15(6-1-2-8-19-17)16(20-21)13-7-9-24-11-13/h3-5,7,9-11,19H,1-2,6,8H2,(H,22,23). The summed E-state index contributed by atoms with van der Waals surface area (Å²) in [5.74, 6) is 0.0531. The molecule has 0 fully saturated rings. The summed E-state index contributed by atoms with van der Waals surface area (Å²) >= 11 is 1.65. The van der Waals surface area contributed by atoms with E-state index in [4.69, 9.17) is 5.10 Å². The van der Waals surface area contributed by atoms with Gasteiger partial charge in [0.15, 0.2) is 0 Å². The van der Waals surface area contributed by atoms with E-state index < -0.39 is 5.97 Å². The van der Waals surface area contributed by atoms with E-state index >= 15 is 0 Å². The van der Waals surface area contributed by atoms with Crippen LogP contribution in [0.4, 0.5) is 5.82 Å². The molecule has 0 amide bonds. The fourth-order valence-electron chi connectivity index (χ4n) is 3.09. The van der Waals surface area contributed by atoms with Crippen LogP contribution in [0, 0.1) is 0 Å². The van der Waals surface area contributed by atoms with Crippen molar-refractivity contribution in [2.45, 2.75) is 19.3 Å².